The van der Waals surface area contributed by atoms with Crippen LogP contribution in [0.1, 0.15) is 30.6 Å². The predicted molar refractivity (Wildman–Crippen MR) is 77.1 cm³/mol. The lowest BCUT2D eigenvalue weighted by Crippen LogP contribution is -2.31. The number of nitrogens with zero attached hydrogens (tertiary/aromatic N) is 1. The molecule has 2 unspecified atom stereocenters. The smallest absolute Gasteiger partial charge is 0.140 e. The van der Waals surface area contributed by atoms with Gasteiger partial charge < -0.3 is 10.5 Å². The molecule has 1 aromatic heterocycles. The molecule has 3 heteroatoms. The van der Waals surface area contributed by atoms with Gasteiger partial charge in [0.25, 0.3) is 0 Å². The summed E-state index contributed by atoms with van der Waals surface area (Å²) in [7, 11) is 0. The predicted octanol–water partition coefficient (Wildman–Crippen LogP) is 3.25. The molecule has 0 spiro atoms. The molecule has 0 bridgehead atoms. The quantitative estimate of drug-likeness (QED) is 0.893. The second-order valence-electron chi connectivity index (χ2n) is 4.66. The monoisotopic (exact) mass is 256 g/mol. The van der Waals surface area contributed by atoms with E-state index in [9.17, 15) is 0 Å². The van der Waals surface area contributed by atoms with E-state index in [0.29, 0.717) is 0 Å². The third kappa shape index (κ3) is 3.32. The second-order valence-corrected chi connectivity index (χ2v) is 4.66. The minimum Gasteiger partial charge on any atom is -0.484 e. The van der Waals surface area contributed by atoms with Gasteiger partial charge in [-0.05, 0) is 31.0 Å². The summed E-state index contributed by atoms with van der Waals surface area (Å²) in [6, 6.07) is 11.8. The Balaban J connectivity index is 2.27. The van der Waals surface area contributed by atoms with E-state index in [1.165, 1.54) is 0 Å². The molecule has 100 valence electrons. The van der Waals surface area contributed by atoms with Gasteiger partial charge in [0.05, 0.1) is 0 Å². The van der Waals surface area contributed by atoms with Crippen molar-refractivity contribution in [3.8, 4) is 5.75 Å². The Morgan fingerprint density at radius 2 is 2.00 bits per heavy atom. The summed E-state index contributed by atoms with van der Waals surface area (Å²) in [5.41, 5.74) is 8.32. The molecule has 2 aromatic rings. The van der Waals surface area contributed by atoms with E-state index in [4.69, 9.17) is 10.5 Å². The number of benzene rings is 1. The summed E-state index contributed by atoms with van der Waals surface area (Å²) in [6.45, 7) is 4.10. The SMILES string of the molecule is CCC(N)C(Oc1ccccc1C)c1cccnc1. The van der Waals surface area contributed by atoms with Crippen LogP contribution in [0, 0.1) is 6.92 Å². The Labute approximate surface area is 114 Å². The first-order chi connectivity index (χ1) is 9.22. The highest BCUT2D eigenvalue weighted by molar-refractivity contribution is 5.33. The molecule has 2 N–H and O–H groups in total. The summed E-state index contributed by atoms with van der Waals surface area (Å²) in [5.74, 6) is 0.875. The molecule has 0 radical (unpaired) electrons. The topological polar surface area (TPSA) is 48.1 Å². The van der Waals surface area contributed by atoms with Crippen molar-refractivity contribution >= 4 is 0 Å². The van der Waals surface area contributed by atoms with Crippen LogP contribution in [0.5, 0.6) is 5.75 Å². The van der Waals surface area contributed by atoms with Crippen molar-refractivity contribution < 1.29 is 4.74 Å². The summed E-state index contributed by atoms with van der Waals surface area (Å²) in [6.07, 6.45) is 4.26. The lowest BCUT2D eigenvalue weighted by atomic mass is 10.0. The van der Waals surface area contributed by atoms with Crippen molar-refractivity contribution in [2.75, 3.05) is 0 Å². The Morgan fingerprint density at radius 3 is 2.63 bits per heavy atom. The van der Waals surface area contributed by atoms with Crippen LogP contribution in [-0.4, -0.2) is 11.0 Å². The van der Waals surface area contributed by atoms with E-state index < -0.39 is 0 Å². The van der Waals surface area contributed by atoms with E-state index in [0.717, 1.165) is 23.3 Å². The minimum absolute atomic E-state index is 0.0520. The third-order valence-electron chi connectivity index (χ3n) is 3.22. The zero-order chi connectivity index (χ0) is 13.7. The average molecular weight is 256 g/mol. The molecule has 0 saturated carbocycles. The van der Waals surface area contributed by atoms with Crippen LogP contribution in [0.4, 0.5) is 0 Å². The summed E-state index contributed by atoms with van der Waals surface area (Å²) >= 11 is 0. The fourth-order valence-corrected chi connectivity index (χ4v) is 1.99. The number of hydrogen-bond donors (Lipinski definition) is 1. The standard InChI is InChI=1S/C16H20N2O/c1-3-14(17)16(13-8-6-10-18-11-13)19-15-9-5-4-7-12(15)2/h4-11,14,16H,3,17H2,1-2H3. The van der Waals surface area contributed by atoms with Gasteiger partial charge in [0.2, 0.25) is 0 Å². The van der Waals surface area contributed by atoms with Gasteiger partial charge in [0.15, 0.2) is 0 Å². The average Bonchev–Trinajstić information content (AvgIpc) is 2.46. The molecule has 0 aliphatic heterocycles. The molecule has 0 aliphatic carbocycles. The molecule has 0 fully saturated rings. The van der Waals surface area contributed by atoms with Gasteiger partial charge in [-0.15, -0.1) is 0 Å². The van der Waals surface area contributed by atoms with Crippen LogP contribution in [0.2, 0.25) is 0 Å². The van der Waals surface area contributed by atoms with Gasteiger partial charge in [0.1, 0.15) is 11.9 Å². The highest BCUT2D eigenvalue weighted by Gasteiger charge is 2.21. The molecule has 19 heavy (non-hydrogen) atoms. The van der Waals surface area contributed by atoms with Crippen LogP contribution < -0.4 is 10.5 Å². The lowest BCUT2D eigenvalue weighted by Gasteiger charge is -2.25. The highest BCUT2D eigenvalue weighted by atomic mass is 16.5. The van der Waals surface area contributed by atoms with E-state index in [1.54, 1.807) is 6.20 Å². The Bertz CT molecular complexity index is 513. The zero-order valence-corrected chi connectivity index (χ0v) is 11.4. The fraction of sp³-hybridized carbons (Fsp3) is 0.312. The third-order valence-corrected chi connectivity index (χ3v) is 3.22. The minimum atomic E-state index is -0.167. The van der Waals surface area contributed by atoms with Crippen LogP contribution in [0.25, 0.3) is 0 Å². The van der Waals surface area contributed by atoms with Gasteiger partial charge in [0, 0.05) is 24.0 Å². The Hall–Kier alpha value is -1.87. The van der Waals surface area contributed by atoms with Crippen molar-refractivity contribution in [1.29, 1.82) is 0 Å². The lowest BCUT2D eigenvalue weighted by molar-refractivity contribution is 0.169. The van der Waals surface area contributed by atoms with E-state index in [2.05, 4.69) is 11.9 Å². The first-order valence-electron chi connectivity index (χ1n) is 6.60. The van der Waals surface area contributed by atoms with Gasteiger partial charge >= 0.3 is 0 Å². The molecular formula is C16H20N2O. The molecular weight excluding hydrogens is 236 g/mol. The molecule has 0 amide bonds. The highest BCUT2D eigenvalue weighted by Crippen LogP contribution is 2.27. The van der Waals surface area contributed by atoms with Gasteiger partial charge in [-0.2, -0.15) is 0 Å². The van der Waals surface area contributed by atoms with Gasteiger partial charge in [-0.3, -0.25) is 4.98 Å². The first-order valence-corrected chi connectivity index (χ1v) is 6.60. The van der Waals surface area contributed by atoms with Crippen LogP contribution in [0.15, 0.2) is 48.8 Å². The Kier molecular flexibility index (Phi) is 4.53. The van der Waals surface area contributed by atoms with Crippen LogP contribution in [0.3, 0.4) is 0 Å². The molecule has 0 saturated heterocycles. The van der Waals surface area contributed by atoms with Crippen molar-refractivity contribution in [1.82, 2.24) is 4.98 Å². The maximum Gasteiger partial charge on any atom is 0.140 e. The number of aryl methyl sites for hydroxylation is 1. The Morgan fingerprint density at radius 1 is 1.21 bits per heavy atom. The number of nitrogens with two attached hydrogens (primary N) is 1. The van der Waals surface area contributed by atoms with Crippen molar-refractivity contribution in [3.05, 3.63) is 59.9 Å². The summed E-state index contributed by atoms with van der Waals surface area (Å²) < 4.78 is 6.12. The van der Waals surface area contributed by atoms with E-state index >= 15 is 0 Å². The largest absolute Gasteiger partial charge is 0.484 e. The number of pyridine rings is 1. The maximum absolute atomic E-state index is 6.19. The number of rotatable bonds is 5. The number of aromatic nitrogens is 1. The van der Waals surface area contributed by atoms with Gasteiger partial charge in [-0.25, -0.2) is 0 Å². The van der Waals surface area contributed by atoms with Crippen LogP contribution >= 0.6 is 0 Å². The molecule has 1 aromatic carbocycles. The van der Waals surface area contributed by atoms with Crippen molar-refractivity contribution in [2.24, 2.45) is 5.73 Å². The number of para-hydroxylation sites is 1. The molecule has 1 heterocycles. The van der Waals surface area contributed by atoms with E-state index in [-0.39, 0.29) is 12.1 Å². The summed E-state index contributed by atoms with van der Waals surface area (Å²) in [5, 5.41) is 0. The van der Waals surface area contributed by atoms with Crippen molar-refractivity contribution in [3.63, 3.8) is 0 Å². The fourth-order valence-electron chi connectivity index (χ4n) is 1.99. The molecule has 0 aliphatic rings. The summed E-state index contributed by atoms with van der Waals surface area (Å²) in [4.78, 5) is 4.15. The number of ether oxygens (including phenoxy) is 1. The van der Waals surface area contributed by atoms with Crippen molar-refractivity contribution in [2.45, 2.75) is 32.4 Å². The molecule has 3 nitrogen and oxygen atoms in total. The number of hydrogen-bond acceptors (Lipinski definition) is 3. The van der Waals surface area contributed by atoms with E-state index in [1.807, 2.05) is 49.5 Å². The van der Waals surface area contributed by atoms with Crippen LogP contribution in [-0.2, 0) is 0 Å². The second kappa shape index (κ2) is 6.34. The van der Waals surface area contributed by atoms with Gasteiger partial charge in [-0.1, -0.05) is 31.2 Å². The molecule has 2 rings (SSSR count). The maximum atomic E-state index is 6.19. The normalized spacial score (nSPS) is 13.8. The zero-order valence-electron chi connectivity index (χ0n) is 11.4. The molecule has 2 atom stereocenters. The first kappa shape index (κ1) is 13.6.